The molecule has 0 aliphatic carbocycles. The van der Waals surface area contributed by atoms with E-state index in [9.17, 15) is 40.7 Å². The Morgan fingerprint density at radius 1 is 1.02 bits per heavy atom. The van der Waals surface area contributed by atoms with E-state index in [-0.39, 0.29) is 16.4 Å². The zero-order chi connectivity index (χ0) is 29.8. The van der Waals surface area contributed by atoms with E-state index in [1.54, 1.807) is 43.3 Å². The lowest BCUT2D eigenvalue weighted by Gasteiger charge is -2.26. The molecule has 0 bridgehead atoms. The van der Waals surface area contributed by atoms with Gasteiger partial charge in [0.15, 0.2) is 0 Å². The van der Waals surface area contributed by atoms with E-state index in [4.69, 9.17) is 17.3 Å². The first-order chi connectivity index (χ1) is 18.6. The normalized spacial score (nSPS) is 17.1. The standard InChI is InChI=1S/C26H25ClF6N4O3/c1-13-4-2-5-14(12-13)19-17-6-3-7-18(27)20(17)36-24(40)22(35-19)37-23(39)16(9-11-26(31,32)33)15(21(34)38)8-10-25(28,29)30/h2-7,12,15-16,22H,8-11H2,1H3,(H2,34,38)(H,36,40)(H,37,39)/t15-,16+,22-/m1/s1. The number of benzene rings is 2. The second-order valence-corrected chi connectivity index (χ2v) is 9.74. The number of aryl methyl sites for hydroxylation is 1. The molecule has 0 fully saturated rings. The number of nitrogens with zero attached hydrogens (tertiary/aromatic N) is 1. The van der Waals surface area contributed by atoms with Gasteiger partial charge < -0.3 is 16.4 Å². The molecule has 1 aliphatic heterocycles. The molecule has 0 saturated carbocycles. The molecular weight excluding hydrogens is 566 g/mol. The maximum Gasteiger partial charge on any atom is 0.389 e. The van der Waals surface area contributed by atoms with Crippen molar-refractivity contribution < 1.29 is 40.7 Å². The van der Waals surface area contributed by atoms with Gasteiger partial charge in [0, 0.05) is 35.8 Å². The molecule has 1 heterocycles. The van der Waals surface area contributed by atoms with Crippen LogP contribution in [0.25, 0.3) is 0 Å². The zero-order valence-electron chi connectivity index (χ0n) is 21.0. The van der Waals surface area contributed by atoms with E-state index < -0.39 is 73.8 Å². The molecule has 3 amide bonds. The highest BCUT2D eigenvalue weighted by atomic mass is 35.5. The minimum atomic E-state index is -4.78. The van der Waals surface area contributed by atoms with Crippen molar-refractivity contribution in [3.05, 3.63) is 64.2 Å². The van der Waals surface area contributed by atoms with Crippen LogP contribution in [0.2, 0.25) is 5.02 Å². The van der Waals surface area contributed by atoms with Gasteiger partial charge in [0.2, 0.25) is 18.0 Å². The predicted octanol–water partition coefficient (Wildman–Crippen LogP) is 5.28. The number of halogens is 7. The van der Waals surface area contributed by atoms with Crippen molar-refractivity contribution in [2.45, 2.75) is 51.1 Å². The van der Waals surface area contributed by atoms with Crippen LogP contribution in [0.4, 0.5) is 32.0 Å². The van der Waals surface area contributed by atoms with E-state index in [1.165, 1.54) is 6.07 Å². The van der Waals surface area contributed by atoms with Crippen LogP contribution in [-0.2, 0) is 14.4 Å². The molecule has 216 valence electrons. The quantitative estimate of drug-likeness (QED) is 0.345. The van der Waals surface area contributed by atoms with Gasteiger partial charge >= 0.3 is 12.4 Å². The number of rotatable bonds is 9. The van der Waals surface area contributed by atoms with Gasteiger partial charge in [-0.1, -0.05) is 47.5 Å². The number of carbonyl (C=O) groups is 3. The zero-order valence-corrected chi connectivity index (χ0v) is 21.8. The number of para-hydroxylation sites is 1. The summed E-state index contributed by atoms with van der Waals surface area (Å²) in [4.78, 5) is 42.7. The lowest BCUT2D eigenvalue weighted by Crippen LogP contribution is -2.48. The summed E-state index contributed by atoms with van der Waals surface area (Å²) in [6.07, 6.45) is -16.4. The Morgan fingerprint density at radius 2 is 1.62 bits per heavy atom. The van der Waals surface area contributed by atoms with E-state index in [0.717, 1.165) is 5.56 Å². The van der Waals surface area contributed by atoms with E-state index in [0.29, 0.717) is 11.1 Å². The molecule has 0 radical (unpaired) electrons. The second-order valence-electron chi connectivity index (χ2n) is 9.33. The van der Waals surface area contributed by atoms with Gasteiger partial charge in [-0.2, -0.15) is 26.3 Å². The highest BCUT2D eigenvalue weighted by molar-refractivity contribution is 6.36. The topological polar surface area (TPSA) is 114 Å². The molecule has 3 rings (SSSR count). The first kappa shape index (κ1) is 30.9. The number of benzodiazepines with no additional fused rings is 1. The Labute approximate surface area is 230 Å². The number of amides is 3. The number of nitrogens with two attached hydrogens (primary N) is 1. The highest BCUT2D eigenvalue weighted by Crippen LogP contribution is 2.34. The number of fused-ring (bicyclic) bond motifs is 1. The molecule has 4 N–H and O–H groups in total. The van der Waals surface area contributed by atoms with Gasteiger partial charge in [-0.3, -0.25) is 14.4 Å². The number of primary amides is 1. The van der Waals surface area contributed by atoms with Crippen molar-refractivity contribution >= 4 is 40.7 Å². The molecular formula is C26H25ClF6N4O3. The van der Waals surface area contributed by atoms with Gasteiger partial charge in [-0.15, -0.1) is 0 Å². The van der Waals surface area contributed by atoms with E-state index in [1.807, 2.05) is 0 Å². The molecule has 0 saturated heterocycles. The summed E-state index contributed by atoms with van der Waals surface area (Å²) in [5, 5.41) is 4.88. The molecule has 0 aromatic heterocycles. The van der Waals surface area contributed by atoms with Crippen molar-refractivity contribution in [3.63, 3.8) is 0 Å². The monoisotopic (exact) mass is 590 g/mol. The minimum Gasteiger partial charge on any atom is -0.369 e. The SMILES string of the molecule is Cc1cccc(C2=N[C@H](NC(=O)[C@@H](CCC(F)(F)F)[C@@H](CCC(F)(F)F)C(N)=O)C(=O)Nc3c(Cl)cccc32)c1. The smallest absolute Gasteiger partial charge is 0.369 e. The number of aliphatic imine (C=N–C) groups is 1. The van der Waals surface area contributed by atoms with Crippen LogP contribution in [0.5, 0.6) is 0 Å². The Balaban J connectivity index is 2.02. The molecule has 14 heteroatoms. The largest absolute Gasteiger partial charge is 0.389 e. The van der Waals surface area contributed by atoms with E-state index >= 15 is 0 Å². The molecule has 3 atom stereocenters. The number of nitrogens with one attached hydrogen (secondary N) is 2. The summed E-state index contributed by atoms with van der Waals surface area (Å²) >= 11 is 6.29. The maximum atomic E-state index is 13.3. The number of carbonyl (C=O) groups excluding carboxylic acids is 3. The molecule has 7 nitrogen and oxygen atoms in total. The average molecular weight is 591 g/mol. The van der Waals surface area contributed by atoms with Crippen molar-refractivity contribution in [1.82, 2.24) is 5.32 Å². The van der Waals surface area contributed by atoms with Gasteiger partial charge in [-0.05, 0) is 31.9 Å². The van der Waals surface area contributed by atoms with Gasteiger partial charge in [-0.25, -0.2) is 4.99 Å². The summed E-state index contributed by atoms with van der Waals surface area (Å²) in [6, 6.07) is 11.7. The number of hydrogen-bond acceptors (Lipinski definition) is 4. The van der Waals surface area contributed by atoms with Gasteiger partial charge in [0.1, 0.15) is 0 Å². The third-order valence-electron chi connectivity index (χ3n) is 6.26. The Morgan fingerprint density at radius 3 is 2.20 bits per heavy atom. The Bertz CT molecular complexity index is 1310. The maximum absolute atomic E-state index is 13.3. The third kappa shape index (κ3) is 8.20. The fraction of sp³-hybridized carbons (Fsp3) is 0.385. The fourth-order valence-corrected chi connectivity index (χ4v) is 4.58. The van der Waals surface area contributed by atoms with Crippen LogP contribution >= 0.6 is 11.6 Å². The van der Waals surface area contributed by atoms with Crippen molar-refractivity contribution in [2.75, 3.05) is 5.32 Å². The second kappa shape index (κ2) is 12.3. The van der Waals surface area contributed by atoms with Crippen LogP contribution < -0.4 is 16.4 Å². The molecule has 2 aromatic rings. The minimum absolute atomic E-state index is 0.141. The molecule has 2 aromatic carbocycles. The molecule has 40 heavy (non-hydrogen) atoms. The summed E-state index contributed by atoms with van der Waals surface area (Å²) in [7, 11) is 0. The summed E-state index contributed by atoms with van der Waals surface area (Å²) in [6.45, 7) is 1.80. The first-order valence-corrected chi connectivity index (χ1v) is 12.4. The predicted molar refractivity (Wildman–Crippen MR) is 136 cm³/mol. The Kier molecular flexibility index (Phi) is 9.49. The highest BCUT2D eigenvalue weighted by Gasteiger charge is 2.40. The van der Waals surface area contributed by atoms with Crippen LogP contribution in [-0.4, -0.2) is 42.0 Å². The fourth-order valence-electron chi connectivity index (χ4n) is 4.35. The number of hydrogen-bond donors (Lipinski definition) is 3. The summed E-state index contributed by atoms with van der Waals surface area (Å²) in [5.41, 5.74) is 7.34. The van der Waals surface area contributed by atoms with E-state index in [2.05, 4.69) is 15.6 Å². The summed E-state index contributed by atoms with van der Waals surface area (Å²) in [5.74, 6) is -7.36. The number of anilines is 1. The van der Waals surface area contributed by atoms with Crippen LogP contribution in [0.15, 0.2) is 47.5 Å². The first-order valence-electron chi connectivity index (χ1n) is 12.0. The molecule has 1 aliphatic rings. The Hall–Kier alpha value is -3.61. The van der Waals surface area contributed by atoms with Crippen molar-refractivity contribution in [1.29, 1.82) is 0 Å². The molecule has 0 unspecified atom stereocenters. The number of alkyl halides is 6. The van der Waals surface area contributed by atoms with Crippen molar-refractivity contribution in [3.8, 4) is 0 Å². The van der Waals surface area contributed by atoms with Gasteiger partial charge in [0.25, 0.3) is 5.91 Å². The van der Waals surface area contributed by atoms with Crippen molar-refractivity contribution in [2.24, 2.45) is 22.6 Å². The van der Waals surface area contributed by atoms with Crippen LogP contribution in [0, 0.1) is 18.8 Å². The van der Waals surface area contributed by atoms with Gasteiger partial charge in [0.05, 0.1) is 16.4 Å². The van der Waals surface area contributed by atoms with Crippen LogP contribution in [0.3, 0.4) is 0 Å². The molecule has 0 spiro atoms. The lowest BCUT2D eigenvalue weighted by molar-refractivity contribution is -0.152. The lowest BCUT2D eigenvalue weighted by atomic mass is 9.83. The van der Waals surface area contributed by atoms with Crippen LogP contribution in [0.1, 0.15) is 42.4 Å². The average Bonchev–Trinajstić information content (AvgIpc) is 2.97. The third-order valence-corrected chi connectivity index (χ3v) is 6.57. The summed E-state index contributed by atoms with van der Waals surface area (Å²) < 4.78 is 77.7.